The van der Waals surface area contributed by atoms with Crippen LogP contribution in [0.25, 0.3) is 11.3 Å². The van der Waals surface area contributed by atoms with Crippen LogP contribution in [0.3, 0.4) is 0 Å². The van der Waals surface area contributed by atoms with Gasteiger partial charge in [0.25, 0.3) is 0 Å². The van der Waals surface area contributed by atoms with Crippen molar-refractivity contribution >= 4 is 17.3 Å². The molecular formula is C20H21N7. The first-order valence-corrected chi connectivity index (χ1v) is 9.11. The van der Waals surface area contributed by atoms with Gasteiger partial charge in [-0.05, 0) is 37.5 Å². The highest BCUT2D eigenvalue weighted by Crippen LogP contribution is 2.28. The van der Waals surface area contributed by atoms with Crippen molar-refractivity contribution < 1.29 is 0 Å². The lowest BCUT2D eigenvalue weighted by Crippen LogP contribution is -2.29. The minimum Gasteiger partial charge on any atom is -0.370 e. The van der Waals surface area contributed by atoms with Crippen LogP contribution in [-0.4, -0.2) is 32.8 Å². The van der Waals surface area contributed by atoms with Gasteiger partial charge in [-0.2, -0.15) is 10.4 Å². The van der Waals surface area contributed by atoms with Crippen LogP contribution in [0.15, 0.2) is 42.9 Å². The second-order valence-electron chi connectivity index (χ2n) is 6.68. The van der Waals surface area contributed by atoms with Crippen molar-refractivity contribution in [3.8, 4) is 17.3 Å². The van der Waals surface area contributed by atoms with Crippen molar-refractivity contribution in [2.45, 2.75) is 19.3 Å². The summed E-state index contributed by atoms with van der Waals surface area (Å²) in [6.07, 6.45) is 8.92. The summed E-state index contributed by atoms with van der Waals surface area (Å²) < 4.78 is 1.71. The average Bonchev–Trinajstić information content (AvgIpc) is 3.13. The number of aryl methyl sites for hydroxylation is 1. The summed E-state index contributed by atoms with van der Waals surface area (Å²) >= 11 is 0. The van der Waals surface area contributed by atoms with Crippen LogP contribution in [-0.2, 0) is 7.05 Å². The molecule has 3 heterocycles. The molecule has 27 heavy (non-hydrogen) atoms. The molecular weight excluding hydrogens is 338 g/mol. The molecule has 4 rings (SSSR count). The van der Waals surface area contributed by atoms with Crippen molar-refractivity contribution in [3.63, 3.8) is 0 Å². The van der Waals surface area contributed by atoms with Crippen LogP contribution < -0.4 is 10.2 Å². The Morgan fingerprint density at radius 3 is 2.74 bits per heavy atom. The van der Waals surface area contributed by atoms with Gasteiger partial charge in [0.05, 0.1) is 28.8 Å². The topological polar surface area (TPSA) is 82.7 Å². The molecule has 3 aromatic rings. The molecule has 2 aromatic heterocycles. The molecule has 136 valence electrons. The SMILES string of the molecule is Cn1cc(Nc2nccc(-c3ccc(N4CCCCC4)c(C#N)c3)n2)cn1. The van der Waals surface area contributed by atoms with E-state index in [1.54, 1.807) is 17.1 Å². The molecule has 0 saturated carbocycles. The number of aromatic nitrogens is 4. The van der Waals surface area contributed by atoms with Gasteiger partial charge in [-0.3, -0.25) is 4.68 Å². The largest absolute Gasteiger partial charge is 0.370 e. The van der Waals surface area contributed by atoms with Crippen molar-refractivity contribution in [1.29, 1.82) is 5.26 Å². The number of hydrogen-bond donors (Lipinski definition) is 1. The number of anilines is 3. The number of hydrogen-bond acceptors (Lipinski definition) is 6. The Balaban J connectivity index is 1.61. The standard InChI is InChI=1S/C20H21N7/c1-26-14-17(13-23-26)24-20-22-8-7-18(25-20)15-5-6-19(16(11-15)12-21)27-9-3-2-4-10-27/h5-8,11,13-14H,2-4,9-10H2,1H3,(H,22,24,25). The Bertz CT molecular complexity index is 980. The number of rotatable bonds is 4. The van der Waals surface area contributed by atoms with Crippen LogP contribution >= 0.6 is 0 Å². The molecule has 0 aliphatic carbocycles. The minimum absolute atomic E-state index is 0.499. The highest BCUT2D eigenvalue weighted by Gasteiger charge is 2.15. The molecule has 1 fully saturated rings. The zero-order chi connectivity index (χ0) is 18.6. The van der Waals surface area contributed by atoms with E-state index in [2.05, 4.69) is 31.4 Å². The summed E-state index contributed by atoms with van der Waals surface area (Å²) in [5.74, 6) is 0.499. The maximum absolute atomic E-state index is 9.64. The van der Waals surface area contributed by atoms with Crippen molar-refractivity contribution in [3.05, 3.63) is 48.4 Å². The molecule has 1 saturated heterocycles. The normalized spacial score (nSPS) is 14.0. The first kappa shape index (κ1) is 17.0. The predicted octanol–water partition coefficient (Wildman–Crippen LogP) is 3.48. The number of nitriles is 1. The fourth-order valence-electron chi connectivity index (χ4n) is 3.39. The fourth-order valence-corrected chi connectivity index (χ4v) is 3.39. The Kier molecular flexibility index (Phi) is 4.71. The van der Waals surface area contributed by atoms with E-state index < -0.39 is 0 Å². The van der Waals surface area contributed by atoms with E-state index in [1.807, 2.05) is 37.5 Å². The maximum atomic E-state index is 9.64. The molecule has 1 N–H and O–H groups in total. The van der Waals surface area contributed by atoms with E-state index in [9.17, 15) is 5.26 Å². The molecule has 1 aliphatic rings. The first-order chi connectivity index (χ1) is 13.2. The summed E-state index contributed by atoms with van der Waals surface area (Å²) in [5.41, 5.74) is 4.22. The molecule has 0 radical (unpaired) electrons. The molecule has 0 bridgehead atoms. The summed E-state index contributed by atoms with van der Waals surface area (Å²) in [5, 5.41) is 16.9. The quantitative estimate of drug-likeness (QED) is 0.768. The van der Waals surface area contributed by atoms with E-state index in [4.69, 9.17) is 0 Å². The maximum Gasteiger partial charge on any atom is 0.227 e. The third-order valence-electron chi connectivity index (χ3n) is 4.73. The summed E-state index contributed by atoms with van der Waals surface area (Å²) in [6, 6.07) is 10.2. The van der Waals surface area contributed by atoms with Gasteiger partial charge in [0.15, 0.2) is 0 Å². The second-order valence-corrected chi connectivity index (χ2v) is 6.68. The van der Waals surface area contributed by atoms with Crippen LogP contribution in [0.1, 0.15) is 24.8 Å². The molecule has 7 nitrogen and oxygen atoms in total. The summed E-state index contributed by atoms with van der Waals surface area (Å²) in [7, 11) is 1.86. The van der Waals surface area contributed by atoms with E-state index in [1.165, 1.54) is 19.3 Å². The van der Waals surface area contributed by atoms with Gasteiger partial charge in [0.1, 0.15) is 6.07 Å². The van der Waals surface area contributed by atoms with E-state index in [0.717, 1.165) is 35.7 Å². The summed E-state index contributed by atoms with van der Waals surface area (Å²) in [4.78, 5) is 11.2. The molecule has 1 aliphatic heterocycles. The number of nitrogens with one attached hydrogen (secondary N) is 1. The Morgan fingerprint density at radius 2 is 2.00 bits per heavy atom. The van der Waals surface area contributed by atoms with E-state index in [0.29, 0.717) is 11.5 Å². The highest BCUT2D eigenvalue weighted by molar-refractivity contribution is 5.70. The van der Waals surface area contributed by atoms with E-state index >= 15 is 0 Å². The van der Waals surface area contributed by atoms with Gasteiger partial charge in [0, 0.05) is 38.1 Å². The lowest BCUT2D eigenvalue weighted by molar-refractivity contribution is 0.577. The van der Waals surface area contributed by atoms with Crippen LogP contribution in [0.5, 0.6) is 0 Å². The number of nitrogens with zero attached hydrogens (tertiary/aromatic N) is 6. The molecule has 0 atom stereocenters. The number of benzene rings is 1. The Morgan fingerprint density at radius 1 is 1.15 bits per heavy atom. The van der Waals surface area contributed by atoms with Crippen LogP contribution in [0.4, 0.5) is 17.3 Å². The predicted molar refractivity (Wildman–Crippen MR) is 105 cm³/mol. The van der Waals surface area contributed by atoms with Crippen LogP contribution in [0, 0.1) is 11.3 Å². The molecule has 7 heteroatoms. The van der Waals surface area contributed by atoms with Gasteiger partial charge < -0.3 is 10.2 Å². The Hall–Kier alpha value is -3.40. The van der Waals surface area contributed by atoms with Crippen molar-refractivity contribution in [2.75, 3.05) is 23.3 Å². The smallest absolute Gasteiger partial charge is 0.227 e. The minimum atomic E-state index is 0.499. The fraction of sp³-hybridized carbons (Fsp3) is 0.300. The highest BCUT2D eigenvalue weighted by atomic mass is 15.3. The molecule has 0 unspecified atom stereocenters. The van der Waals surface area contributed by atoms with Crippen molar-refractivity contribution in [2.24, 2.45) is 7.05 Å². The average molecular weight is 359 g/mol. The van der Waals surface area contributed by atoms with Gasteiger partial charge in [-0.15, -0.1) is 0 Å². The van der Waals surface area contributed by atoms with E-state index in [-0.39, 0.29) is 0 Å². The van der Waals surface area contributed by atoms with Gasteiger partial charge in [-0.25, -0.2) is 9.97 Å². The van der Waals surface area contributed by atoms with Gasteiger partial charge >= 0.3 is 0 Å². The monoisotopic (exact) mass is 359 g/mol. The van der Waals surface area contributed by atoms with Crippen LogP contribution in [0.2, 0.25) is 0 Å². The third-order valence-corrected chi connectivity index (χ3v) is 4.73. The second kappa shape index (κ2) is 7.46. The number of piperidine rings is 1. The van der Waals surface area contributed by atoms with Gasteiger partial charge in [-0.1, -0.05) is 6.07 Å². The zero-order valence-electron chi connectivity index (χ0n) is 15.3. The Labute approximate surface area is 158 Å². The third kappa shape index (κ3) is 3.75. The zero-order valence-corrected chi connectivity index (χ0v) is 15.3. The van der Waals surface area contributed by atoms with Gasteiger partial charge in [0.2, 0.25) is 5.95 Å². The molecule has 0 spiro atoms. The van der Waals surface area contributed by atoms with Crippen molar-refractivity contribution in [1.82, 2.24) is 19.7 Å². The lowest BCUT2D eigenvalue weighted by Gasteiger charge is -2.29. The molecule has 0 amide bonds. The molecule has 1 aromatic carbocycles. The summed E-state index contributed by atoms with van der Waals surface area (Å²) in [6.45, 7) is 2.03. The first-order valence-electron chi connectivity index (χ1n) is 9.11. The lowest BCUT2D eigenvalue weighted by atomic mass is 10.0.